The third-order valence-electron chi connectivity index (χ3n) is 4.77. The van der Waals surface area contributed by atoms with Gasteiger partial charge in [-0.3, -0.25) is 9.59 Å². The predicted octanol–water partition coefficient (Wildman–Crippen LogP) is 2.45. The second-order valence-electron chi connectivity index (χ2n) is 6.66. The van der Waals surface area contributed by atoms with Crippen LogP contribution in [0, 0.1) is 0 Å². The number of aryl methyl sites for hydroxylation is 1. The van der Waals surface area contributed by atoms with E-state index in [0.29, 0.717) is 24.6 Å². The molecular formula is C20H21N5O2S. The Hall–Kier alpha value is -3.00. The van der Waals surface area contributed by atoms with Crippen LogP contribution in [-0.4, -0.2) is 38.8 Å². The zero-order valence-electron chi connectivity index (χ0n) is 15.6. The number of thiophene rings is 1. The molecule has 0 bridgehead atoms. The van der Waals surface area contributed by atoms with Gasteiger partial charge in [0.15, 0.2) is 0 Å². The third kappa shape index (κ3) is 3.96. The summed E-state index contributed by atoms with van der Waals surface area (Å²) in [6, 6.07) is 7.21. The number of hydrogen-bond donors (Lipinski definition) is 2. The largest absolute Gasteiger partial charge is 0.361 e. The summed E-state index contributed by atoms with van der Waals surface area (Å²) in [4.78, 5) is 39.0. The number of carbonyl (C=O) groups is 1. The summed E-state index contributed by atoms with van der Waals surface area (Å²) in [5.74, 6) is 1.17. The first kappa shape index (κ1) is 18.4. The number of hydrogen-bond acceptors (Lipinski definition) is 6. The lowest BCUT2D eigenvalue weighted by molar-refractivity contribution is -0.130. The zero-order valence-corrected chi connectivity index (χ0v) is 16.4. The Morgan fingerprint density at radius 1 is 1.36 bits per heavy atom. The molecule has 2 N–H and O–H groups in total. The number of fused-ring (bicyclic) bond motifs is 1. The first-order chi connectivity index (χ1) is 13.6. The van der Waals surface area contributed by atoms with Gasteiger partial charge in [0, 0.05) is 41.5 Å². The average Bonchev–Trinajstić information content (AvgIpc) is 3.19. The Labute approximate surface area is 166 Å². The molecule has 0 saturated carbocycles. The van der Waals surface area contributed by atoms with Crippen molar-refractivity contribution < 1.29 is 4.79 Å². The molecule has 0 atom stereocenters. The maximum atomic E-state index is 12.5. The van der Waals surface area contributed by atoms with Gasteiger partial charge in [-0.05, 0) is 42.0 Å². The fourth-order valence-corrected chi connectivity index (χ4v) is 4.09. The number of aromatic nitrogens is 3. The van der Waals surface area contributed by atoms with E-state index in [0.717, 1.165) is 24.2 Å². The molecule has 28 heavy (non-hydrogen) atoms. The number of nitrogens with zero attached hydrogens (tertiary/aromatic N) is 3. The SMILES string of the molecule is CCc1cc(=O)[nH]c(-c2ccc(NCC(=O)N3CCc4sccc4C3)nc2)n1. The fourth-order valence-electron chi connectivity index (χ4n) is 3.20. The predicted molar refractivity (Wildman–Crippen MR) is 109 cm³/mol. The van der Waals surface area contributed by atoms with Crippen molar-refractivity contribution in [2.75, 3.05) is 18.4 Å². The molecule has 1 amide bonds. The van der Waals surface area contributed by atoms with Crippen molar-refractivity contribution in [3.8, 4) is 11.4 Å². The maximum Gasteiger partial charge on any atom is 0.251 e. The molecule has 3 aromatic heterocycles. The monoisotopic (exact) mass is 395 g/mol. The van der Waals surface area contributed by atoms with E-state index < -0.39 is 0 Å². The van der Waals surface area contributed by atoms with E-state index in [9.17, 15) is 9.59 Å². The van der Waals surface area contributed by atoms with Crippen molar-refractivity contribution in [2.45, 2.75) is 26.3 Å². The van der Waals surface area contributed by atoms with Crippen LogP contribution in [0.3, 0.4) is 0 Å². The first-order valence-corrected chi connectivity index (χ1v) is 10.1. The van der Waals surface area contributed by atoms with Gasteiger partial charge in [0.25, 0.3) is 5.56 Å². The Morgan fingerprint density at radius 2 is 2.25 bits per heavy atom. The molecule has 0 aromatic carbocycles. The highest BCUT2D eigenvalue weighted by atomic mass is 32.1. The van der Waals surface area contributed by atoms with Gasteiger partial charge >= 0.3 is 0 Å². The van der Waals surface area contributed by atoms with Gasteiger partial charge in [0.1, 0.15) is 11.6 Å². The minimum Gasteiger partial charge on any atom is -0.361 e. The van der Waals surface area contributed by atoms with Gasteiger partial charge < -0.3 is 15.2 Å². The van der Waals surface area contributed by atoms with Crippen LogP contribution in [0.5, 0.6) is 0 Å². The normalized spacial score (nSPS) is 13.2. The molecule has 0 unspecified atom stereocenters. The molecule has 0 saturated heterocycles. The van der Waals surface area contributed by atoms with Crippen LogP contribution < -0.4 is 10.9 Å². The average molecular weight is 395 g/mol. The molecular weight excluding hydrogens is 374 g/mol. The highest BCUT2D eigenvalue weighted by Gasteiger charge is 2.21. The lowest BCUT2D eigenvalue weighted by atomic mass is 10.1. The van der Waals surface area contributed by atoms with E-state index in [-0.39, 0.29) is 18.0 Å². The molecule has 0 radical (unpaired) electrons. The molecule has 4 rings (SSSR count). The molecule has 0 fully saturated rings. The summed E-state index contributed by atoms with van der Waals surface area (Å²) in [6.07, 6.45) is 3.26. The topological polar surface area (TPSA) is 91.0 Å². The summed E-state index contributed by atoms with van der Waals surface area (Å²) in [6.45, 7) is 3.59. The van der Waals surface area contributed by atoms with E-state index in [4.69, 9.17) is 0 Å². The summed E-state index contributed by atoms with van der Waals surface area (Å²) in [5.41, 5.74) is 2.54. The summed E-state index contributed by atoms with van der Waals surface area (Å²) in [7, 11) is 0. The van der Waals surface area contributed by atoms with Crippen LogP contribution in [0.4, 0.5) is 5.82 Å². The number of aromatic amines is 1. The summed E-state index contributed by atoms with van der Waals surface area (Å²) < 4.78 is 0. The van der Waals surface area contributed by atoms with Crippen LogP contribution in [-0.2, 0) is 24.2 Å². The Kier molecular flexibility index (Phi) is 5.21. The molecule has 0 aliphatic carbocycles. The van der Waals surface area contributed by atoms with Crippen LogP contribution >= 0.6 is 11.3 Å². The number of nitrogens with one attached hydrogen (secondary N) is 2. The van der Waals surface area contributed by atoms with Crippen LogP contribution in [0.1, 0.15) is 23.1 Å². The van der Waals surface area contributed by atoms with Crippen molar-refractivity contribution in [1.82, 2.24) is 19.9 Å². The maximum absolute atomic E-state index is 12.5. The molecule has 144 valence electrons. The highest BCUT2D eigenvalue weighted by Crippen LogP contribution is 2.24. The van der Waals surface area contributed by atoms with Crippen LogP contribution in [0.15, 0.2) is 40.6 Å². The van der Waals surface area contributed by atoms with Gasteiger partial charge in [-0.15, -0.1) is 11.3 Å². The molecule has 0 spiro atoms. The van der Waals surface area contributed by atoms with Gasteiger partial charge in [-0.2, -0.15) is 0 Å². The molecule has 7 nitrogen and oxygen atoms in total. The van der Waals surface area contributed by atoms with E-state index in [2.05, 4.69) is 31.7 Å². The summed E-state index contributed by atoms with van der Waals surface area (Å²) in [5, 5.41) is 5.16. The lowest BCUT2D eigenvalue weighted by Gasteiger charge is -2.27. The number of rotatable bonds is 5. The quantitative estimate of drug-likeness (QED) is 0.692. The van der Waals surface area contributed by atoms with Crippen molar-refractivity contribution in [3.63, 3.8) is 0 Å². The molecule has 4 heterocycles. The van der Waals surface area contributed by atoms with Gasteiger partial charge in [0.2, 0.25) is 5.91 Å². The van der Waals surface area contributed by atoms with E-state index in [1.807, 2.05) is 17.9 Å². The van der Waals surface area contributed by atoms with Gasteiger partial charge in [-0.1, -0.05) is 6.92 Å². The van der Waals surface area contributed by atoms with Gasteiger partial charge in [-0.25, -0.2) is 9.97 Å². The lowest BCUT2D eigenvalue weighted by Crippen LogP contribution is -2.38. The second-order valence-corrected chi connectivity index (χ2v) is 7.66. The van der Waals surface area contributed by atoms with E-state index in [1.165, 1.54) is 16.5 Å². The number of pyridine rings is 1. The highest BCUT2D eigenvalue weighted by molar-refractivity contribution is 7.10. The fraction of sp³-hybridized carbons (Fsp3) is 0.300. The van der Waals surface area contributed by atoms with Crippen LogP contribution in [0.25, 0.3) is 11.4 Å². The third-order valence-corrected chi connectivity index (χ3v) is 5.80. The van der Waals surface area contributed by atoms with Crippen molar-refractivity contribution in [2.24, 2.45) is 0 Å². The van der Waals surface area contributed by atoms with Crippen molar-refractivity contribution in [3.05, 3.63) is 62.3 Å². The van der Waals surface area contributed by atoms with E-state index >= 15 is 0 Å². The van der Waals surface area contributed by atoms with E-state index in [1.54, 1.807) is 23.6 Å². The second kappa shape index (κ2) is 7.93. The number of H-pyrrole nitrogens is 1. The van der Waals surface area contributed by atoms with Gasteiger partial charge in [0.05, 0.1) is 6.54 Å². The number of amides is 1. The molecule has 1 aliphatic rings. The summed E-state index contributed by atoms with van der Waals surface area (Å²) >= 11 is 1.76. The standard InChI is InChI=1S/C20H21N5O2S/c1-2-15-9-18(26)24-20(23-15)13-3-4-17(21-10-13)22-11-19(27)25-7-5-16-14(12-25)6-8-28-16/h3-4,6,8-10H,2,5,7,11-12H2,1H3,(H,21,22)(H,23,24,26). The van der Waals surface area contributed by atoms with Crippen molar-refractivity contribution in [1.29, 1.82) is 0 Å². The van der Waals surface area contributed by atoms with Crippen LogP contribution in [0.2, 0.25) is 0 Å². The molecule has 8 heteroatoms. The van der Waals surface area contributed by atoms with Crippen molar-refractivity contribution >= 4 is 23.1 Å². The Morgan fingerprint density at radius 3 is 3.04 bits per heavy atom. The molecule has 3 aromatic rings. The first-order valence-electron chi connectivity index (χ1n) is 9.26. The smallest absolute Gasteiger partial charge is 0.251 e. The molecule has 1 aliphatic heterocycles. The zero-order chi connectivity index (χ0) is 19.5. The minimum absolute atomic E-state index is 0.0596. The number of carbonyl (C=O) groups excluding carboxylic acids is 1. The minimum atomic E-state index is -0.176. The number of anilines is 1. The Bertz CT molecular complexity index is 1040. The Balaban J connectivity index is 1.38.